The van der Waals surface area contributed by atoms with Crippen molar-refractivity contribution in [1.82, 2.24) is 20.6 Å². The van der Waals surface area contributed by atoms with E-state index in [4.69, 9.17) is 5.84 Å². The maximum Gasteiger partial charge on any atom is 0.294 e. The van der Waals surface area contributed by atoms with Gasteiger partial charge in [0.15, 0.2) is 5.01 Å². The molecule has 17 heavy (non-hydrogen) atoms. The Morgan fingerprint density at radius 3 is 3.29 bits per heavy atom. The Labute approximate surface area is 104 Å². The minimum atomic E-state index is -0.321. The Morgan fingerprint density at radius 2 is 2.47 bits per heavy atom. The Kier molecular flexibility index (Phi) is 4.43. The van der Waals surface area contributed by atoms with Crippen molar-refractivity contribution in [2.24, 2.45) is 5.84 Å². The number of amides is 1. The number of hydrogen-bond acceptors (Lipinski definition) is 6. The van der Waals surface area contributed by atoms with Crippen molar-refractivity contribution in [3.05, 3.63) is 16.1 Å². The first-order valence-electron chi connectivity index (χ1n) is 5.68. The number of nitrogens with one attached hydrogen (secondary N) is 2. The van der Waals surface area contributed by atoms with Gasteiger partial charge in [0, 0.05) is 25.0 Å². The molecule has 1 amide bonds. The molecule has 0 saturated carbocycles. The lowest BCUT2D eigenvalue weighted by molar-refractivity contribution is 0.0953. The molecule has 1 aliphatic heterocycles. The van der Waals surface area contributed by atoms with Crippen LogP contribution in [0.15, 0.2) is 5.38 Å². The lowest BCUT2D eigenvalue weighted by atomic mass is 10.3. The standard InChI is InChI=1S/C10H17N5OS/c11-14-9(16)10-13-8(7-17-10)6-15-4-1-2-12-3-5-15/h7,12H,1-6,11H2,(H,14,16). The highest BCUT2D eigenvalue weighted by Gasteiger charge is 2.13. The summed E-state index contributed by atoms with van der Waals surface area (Å²) in [6.07, 6.45) is 1.15. The maximum absolute atomic E-state index is 11.3. The highest BCUT2D eigenvalue weighted by atomic mass is 32.1. The SMILES string of the molecule is NNC(=O)c1nc(CN2CCCNCC2)cs1. The predicted octanol–water partition coefficient (Wildman–Crippen LogP) is -0.458. The van der Waals surface area contributed by atoms with Gasteiger partial charge in [-0.05, 0) is 19.5 Å². The van der Waals surface area contributed by atoms with Crippen LogP contribution in [0.3, 0.4) is 0 Å². The van der Waals surface area contributed by atoms with Gasteiger partial charge in [-0.15, -0.1) is 11.3 Å². The minimum absolute atomic E-state index is 0.321. The number of hydrazine groups is 1. The van der Waals surface area contributed by atoms with Gasteiger partial charge >= 0.3 is 0 Å². The second kappa shape index (κ2) is 6.06. The summed E-state index contributed by atoms with van der Waals surface area (Å²) in [5.74, 6) is 4.75. The molecule has 1 fully saturated rings. The first-order chi connectivity index (χ1) is 8.29. The molecule has 0 radical (unpaired) electrons. The lowest BCUT2D eigenvalue weighted by Crippen LogP contribution is -2.30. The van der Waals surface area contributed by atoms with Crippen LogP contribution in [0.25, 0.3) is 0 Å². The van der Waals surface area contributed by atoms with Crippen molar-refractivity contribution in [3.63, 3.8) is 0 Å². The Morgan fingerprint density at radius 1 is 1.59 bits per heavy atom. The molecule has 1 saturated heterocycles. The predicted molar refractivity (Wildman–Crippen MR) is 66.5 cm³/mol. The van der Waals surface area contributed by atoms with Crippen LogP contribution in [-0.2, 0) is 6.54 Å². The summed E-state index contributed by atoms with van der Waals surface area (Å²) in [5, 5.41) is 5.70. The zero-order chi connectivity index (χ0) is 12.1. The van der Waals surface area contributed by atoms with Crippen LogP contribution in [0.5, 0.6) is 0 Å². The third-order valence-corrected chi connectivity index (χ3v) is 3.59. The average Bonchev–Trinajstić information content (AvgIpc) is 2.65. The first kappa shape index (κ1) is 12.4. The molecule has 2 rings (SSSR count). The number of thiazole rings is 1. The normalized spacial score (nSPS) is 17.7. The van der Waals surface area contributed by atoms with Crippen molar-refractivity contribution in [3.8, 4) is 0 Å². The fourth-order valence-electron chi connectivity index (χ4n) is 1.83. The van der Waals surface area contributed by atoms with Gasteiger partial charge in [0.25, 0.3) is 5.91 Å². The van der Waals surface area contributed by atoms with E-state index in [1.807, 2.05) is 5.38 Å². The molecule has 0 aromatic carbocycles. The van der Waals surface area contributed by atoms with Gasteiger partial charge in [0.1, 0.15) is 0 Å². The van der Waals surface area contributed by atoms with E-state index in [0.717, 1.165) is 44.8 Å². The molecule has 0 unspecified atom stereocenters. The van der Waals surface area contributed by atoms with Crippen molar-refractivity contribution in [2.75, 3.05) is 26.2 Å². The largest absolute Gasteiger partial charge is 0.315 e. The zero-order valence-corrected chi connectivity index (χ0v) is 10.4. The lowest BCUT2D eigenvalue weighted by Gasteiger charge is -2.17. The van der Waals surface area contributed by atoms with E-state index in [2.05, 4.69) is 20.6 Å². The number of nitrogens with two attached hydrogens (primary N) is 1. The smallest absolute Gasteiger partial charge is 0.294 e. The summed E-state index contributed by atoms with van der Waals surface area (Å²) in [5.41, 5.74) is 3.03. The topological polar surface area (TPSA) is 83.3 Å². The number of nitrogen functional groups attached to an aromatic ring is 1. The van der Waals surface area contributed by atoms with Crippen molar-refractivity contribution in [2.45, 2.75) is 13.0 Å². The second-order valence-corrected chi connectivity index (χ2v) is 4.86. The number of carbonyl (C=O) groups is 1. The van der Waals surface area contributed by atoms with Gasteiger partial charge in [-0.25, -0.2) is 10.8 Å². The first-order valence-corrected chi connectivity index (χ1v) is 6.56. The Bertz CT molecular complexity index is 373. The molecule has 1 aromatic heterocycles. The van der Waals surface area contributed by atoms with E-state index >= 15 is 0 Å². The quantitative estimate of drug-likeness (QED) is 0.387. The highest BCUT2D eigenvalue weighted by Crippen LogP contribution is 2.12. The van der Waals surface area contributed by atoms with E-state index in [0.29, 0.717) is 5.01 Å². The third kappa shape index (κ3) is 3.47. The van der Waals surface area contributed by atoms with E-state index in [9.17, 15) is 4.79 Å². The van der Waals surface area contributed by atoms with Crippen molar-refractivity contribution >= 4 is 17.2 Å². The van der Waals surface area contributed by atoms with E-state index in [1.165, 1.54) is 11.3 Å². The van der Waals surface area contributed by atoms with Crippen LogP contribution < -0.4 is 16.6 Å². The molecule has 0 aliphatic carbocycles. The summed E-state index contributed by atoms with van der Waals surface area (Å²) in [7, 11) is 0. The van der Waals surface area contributed by atoms with Gasteiger partial charge in [-0.1, -0.05) is 0 Å². The molecular formula is C10H17N5OS. The maximum atomic E-state index is 11.3. The fraction of sp³-hybridized carbons (Fsp3) is 0.600. The van der Waals surface area contributed by atoms with Gasteiger partial charge < -0.3 is 5.32 Å². The summed E-state index contributed by atoms with van der Waals surface area (Å²) in [6, 6.07) is 0. The van der Waals surface area contributed by atoms with Crippen molar-refractivity contribution < 1.29 is 4.79 Å². The van der Waals surface area contributed by atoms with E-state index < -0.39 is 0 Å². The van der Waals surface area contributed by atoms with Crippen LogP contribution in [0.2, 0.25) is 0 Å². The van der Waals surface area contributed by atoms with Crippen LogP contribution in [-0.4, -0.2) is 42.0 Å². The van der Waals surface area contributed by atoms with Crippen LogP contribution >= 0.6 is 11.3 Å². The second-order valence-electron chi connectivity index (χ2n) is 4.00. The zero-order valence-electron chi connectivity index (χ0n) is 9.61. The Balaban J connectivity index is 1.93. The molecule has 2 heterocycles. The highest BCUT2D eigenvalue weighted by molar-refractivity contribution is 7.11. The summed E-state index contributed by atoms with van der Waals surface area (Å²) < 4.78 is 0. The van der Waals surface area contributed by atoms with Gasteiger partial charge in [-0.3, -0.25) is 15.1 Å². The van der Waals surface area contributed by atoms with Gasteiger partial charge in [0.2, 0.25) is 0 Å². The summed E-state index contributed by atoms with van der Waals surface area (Å²) >= 11 is 1.33. The number of rotatable bonds is 3. The molecule has 0 atom stereocenters. The molecule has 0 bridgehead atoms. The van der Waals surface area contributed by atoms with Gasteiger partial charge in [-0.2, -0.15) is 0 Å². The molecule has 6 nitrogen and oxygen atoms in total. The summed E-state index contributed by atoms with van der Waals surface area (Å²) in [6.45, 7) is 4.99. The fourth-order valence-corrected chi connectivity index (χ4v) is 2.55. The minimum Gasteiger partial charge on any atom is -0.315 e. The molecule has 94 valence electrons. The molecule has 0 spiro atoms. The van der Waals surface area contributed by atoms with Crippen LogP contribution in [0.4, 0.5) is 0 Å². The van der Waals surface area contributed by atoms with Crippen LogP contribution in [0.1, 0.15) is 21.9 Å². The van der Waals surface area contributed by atoms with Crippen molar-refractivity contribution in [1.29, 1.82) is 0 Å². The third-order valence-electron chi connectivity index (χ3n) is 2.70. The van der Waals surface area contributed by atoms with E-state index in [1.54, 1.807) is 0 Å². The Hall–Kier alpha value is -1.02. The van der Waals surface area contributed by atoms with Crippen LogP contribution in [0, 0.1) is 0 Å². The molecular weight excluding hydrogens is 238 g/mol. The molecule has 1 aliphatic rings. The molecule has 4 N–H and O–H groups in total. The molecule has 7 heteroatoms. The van der Waals surface area contributed by atoms with E-state index in [-0.39, 0.29) is 5.91 Å². The number of nitrogens with zero attached hydrogens (tertiary/aromatic N) is 2. The van der Waals surface area contributed by atoms with Gasteiger partial charge in [0.05, 0.1) is 5.69 Å². The monoisotopic (exact) mass is 255 g/mol. The number of aromatic nitrogens is 1. The number of hydrogen-bond donors (Lipinski definition) is 3. The molecule has 1 aromatic rings. The summed E-state index contributed by atoms with van der Waals surface area (Å²) in [4.78, 5) is 17.9. The average molecular weight is 255 g/mol. The number of carbonyl (C=O) groups excluding carboxylic acids is 1.